The van der Waals surface area contributed by atoms with Crippen LogP contribution in [0.1, 0.15) is 40.4 Å². The first-order chi connectivity index (χ1) is 11.2. The number of ketones is 1. The Balaban J connectivity index is 1.97. The van der Waals surface area contributed by atoms with Crippen molar-refractivity contribution in [1.29, 1.82) is 0 Å². The molecule has 0 amide bonds. The fourth-order valence-corrected chi connectivity index (χ4v) is 3.46. The topological polar surface area (TPSA) is 17.1 Å². The highest BCUT2D eigenvalue weighted by Gasteiger charge is 2.28. The molecule has 1 atom stereocenters. The summed E-state index contributed by atoms with van der Waals surface area (Å²) in [6, 6.07) is 15.9. The molecule has 23 heavy (non-hydrogen) atoms. The molecule has 112 valence electrons. The van der Waals surface area contributed by atoms with Gasteiger partial charge in [-0.2, -0.15) is 0 Å². The quantitative estimate of drug-likeness (QED) is 0.604. The van der Waals surface area contributed by atoms with Crippen LogP contribution in [0.15, 0.2) is 78.9 Å². The van der Waals surface area contributed by atoms with Crippen LogP contribution in [0.2, 0.25) is 0 Å². The number of rotatable bonds is 1. The van der Waals surface area contributed by atoms with Crippen molar-refractivity contribution >= 4 is 11.4 Å². The Morgan fingerprint density at radius 2 is 1.43 bits per heavy atom. The standard InChI is InChI=1S/C22H18O/c1-22(13-7-2-8-14-22)15-20-16-9-3-5-11-18(16)21(23)19-12-6-4-10-17(19)20/h2-13,15H,14H2,1H3. The van der Waals surface area contributed by atoms with Gasteiger partial charge in [0, 0.05) is 16.5 Å². The van der Waals surface area contributed by atoms with Gasteiger partial charge in [0.1, 0.15) is 0 Å². The molecule has 0 saturated heterocycles. The highest BCUT2D eigenvalue weighted by molar-refractivity contribution is 6.18. The number of benzene rings is 2. The predicted octanol–water partition coefficient (Wildman–Crippen LogP) is 5.19. The van der Waals surface area contributed by atoms with Gasteiger partial charge in [0.15, 0.2) is 5.78 Å². The van der Waals surface area contributed by atoms with Crippen LogP contribution in [0.3, 0.4) is 0 Å². The van der Waals surface area contributed by atoms with Gasteiger partial charge >= 0.3 is 0 Å². The van der Waals surface area contributed by atoms with E-state index in [0.29, 0.717) is 0 Å². The second kappa shape index (κ2) is 5.20. The van der Waals surface area contributed by atoms with Gasteiger partial charge < -0.3 is 0 Å². The van der Waals surface area contributed by atoms with Gasteiger partial charge in [0.25, 0.3) is 0 Å². The number of fused-ring (bicyclic) bond motifs is 2. The highest BCUT2D eigenvalue weighted by atomic mass is 16.1. The van der Waals surface area contributed by atoms with E-state index in [1.54, 1.807) is 0 Å². The monoisotopic (exact) mass is 298 g/mol. The van der Waals surface area contributed by atoms with Gasteiger partial charge in [-0.15, -0.1) is 0 Å². The Morgan fingerprint density at radius 1 is 0.870 bits per heavy atom. The van der Waals surface area contributed by atoms with Crippen LogP contribution in [0.5, 0.6) is 0 Å². The molecule has 2 aliphatic carbocycles. The molecule has 0 N–H and O–H groups in total. The minimum atomic E-state index is -0.0231. The minimum absolute atomic E-state index is 0.0231. The second-order valence-corrected chi connectivity index (χ2v) is 6.48. The molecule has 0 saturated carbocycles. The van der Waals surface area contributed by atoms with Gasteiger partial charge in [0.2, 0.25) is 0 Å². The molecule has 0 heterocycles. The lowest BCUT2D eigenvalue weighted by Gasteiger charge is -2.28. The second-order valence-electron chi connectivity index (χ2n) is 6.48. The summed E-state index contributed by atoms with van der Waals surface area (Å²) in [6.07, 6.45) is 11.9. The van der Waals surface area contributed by atoms with Gasteiger partial charge in [-0.05, 0) is 23.1 Å². The van der Waals surface area contributed by atoms with Crippen molar-refractivity contribution in [2.24, 2.45) is 5.41 Å². The van der Waals surface area contributed by atoms with E-state index < -0.39 is 0 Å². The zero-order valence-electron chi connectivity index (χ0n) is 13.1. The third-order valence-electron chi connectivity index (χ3n) is 4.68. The molecule has 1 unspecified atom stereocenters. The maximum atomic E-state index is 12.8. The fourth-order valence-electron chi connectivity index (χ4n) is 3.46. The maximum absolute atomic E-state index is 12.8. The molecule has 1 nitrogen and oxygen atoms in total. The van der Waals surface area contributed by atoms with Gasteiger partial charge in [0.05, 0.1) is 0 Å². The van der Waals surface area contributed by atoms with E-state index in [4.69, 9.17) is 0 Å². The van der Waals surface area contributed by atoms with E-state index in [9.17, 15) is 4.79 Å². The van der Waals surface area contributed by atoms with Crippen LogP contribution < -0.4 is 0 Å². The molecule has 0 aromatic heterocycles. The normalized spacial score (nSPS) is 21.8. The molecular weight excluding hydrogens is 280 g/mol. The lowest BCUT2D eigenvalue weighted by molar-refractivity contribution is 0.103. The molecule has 2 aromatic carbocycles. The van der Waals surface area contributed by atoms with Crippen LogP contribution in [-0.2, 0) is 0 Å². The molecule has 1 heteroatoms. The first-order valence-electron chi connectivity index (χ1n) is 7.99. The van der Waals surface area contributed by atoms with E-state index in [2.05, 4.69) is 49.4 Å². The summed E-state index contributed by atoms with van der Waals surface area (Å²) >= 11 is 0. The zero-order chi connectivity index (χ0) is 15.9. The third kappa shape index (κ3) is 2.29. The molecule has 0 spiro atoms. The van der Waals surface area contributed by atoms with Crippen LogP contribution >= 0.6 is 0 Å². The van der Waals surface area contributed by atoms with E-state index >= 15 is 0 Å². The fraction of sp³-hybridized carbons (Fsp3) is 0.136. The van der Waals surface area contributed by atoms with Crippen molar-refractivity contribution in [3.05, 3.63) is 101 Å². The summed E-state index contributed by atoms with van der Waals surface area (Å²) in [5.41, 5.74) is 4.83. The van der Waals surface area contributed by atoms with Crippen molar-refractivity contribution in [3.63, 3.8) is 0 Å². The van der Waals surface area contributed by atoms with Crippen molar-refractivity contribution in [2.45, 2.75) is 13.3 Å². The number of hydrogen-bond donors (Lipinski definition) is 0. The van der Waals surface area contributed by atoms with Crippen molar-refractivity contribution < 1.29 is 4.79 Å². The molecule has 2 aromatic rings. The summed E-state index contributed by atoms with van der Waals surface area (Å²) < 4.78 is 0. The maximum Gasteiger partial charge on any atom is 0.194 e. The third-order valence-corrected chi connectivity index (χ3v) is 4.68. The number of carbonyl (C=O) groups excluding carboxylic acids is 1. The zero-order valence-corrected chi connectivity index (χ0v) is 13.1. The summed E-state index contributed by atoms with van der Waals surface area (Å²) in [7, 11) is 0. The Hall–Kier alpha value is -2.67. The van der Waals surface area contributed by atoms with E-state index in [1.807, 2.05) is 36.4 Å². The van der Waals surface area contributed by atoms with E-state index in [-0.39, 0.29) is 11.2 Å². The smallest absolute Gasteiger partial charge is 0.194 e. The number of hydrogen-bond acceptors (Lipinski definition) is 1. The first-order valence-corrected chi connectivity index (χ1v) is 7.99. The van der Waals surface area contributed by atoms with E-state index in [1.165, 1.54) is 5.57 Å². The lowest BCUT2D eigenvalue weighted by Crippen LogP contribution is -2.17. The predicted molar refractivity (Wildman–Crippen MR) is 94.4 cm³/mol. The van der Waals surface area contributed by atoms with Crippen LogP contribution in [0.25, 0.3) is 5.57 Å². The van der Waals surface area contributed by atoms with Gasteiger partial charge in [-0.1, -0.05) is 85.8 Å². The summed E-state index contributed by atoms with van der Waals surface area (Å²) in [6.45, 7) is 2.24. The Kier molecular flexibility index (Phi) is 3.16. The molecule has 0 fully saturated rings. The SMILES string of the molecule is CC1(C=C2c3ccccc3C(=O)c3ccccc32)C=CC=CC1. The Morgan fingerprint density at radius 3 is 1.96 bits per heavy atom. The molecule has 0 bridgehead atoms. The van der Waals surface area contributed by atoms with Gasteiger partial charge in [-0.3, -0.25) is 4.79 Å². The Bertz CT molecular complexity index is 831. The molecule has 0 aliphatic heterocycles. The van der Waals surface area contributed by atoms with Crippen molar-refractivity contribution in [1.82, 2.24) is 0 Å². The lowest BCUT2D eigenvalue weighted by atomic mass is 9.75. The summed E-state index contributed by atoms with van der Waals surface area (Å²) in [4.78, 5) is 12.8. The number of carbonyl (C=O) groups is 1. The number of allylic oxidation sites excluding steroid dienone is 5. The summed E-state index contributed by atoms with van der Waals surface area (Å²) in [5.74, 6) is 0.123. The molecule has 4 rings (SSSR count). The van der Waals surface area contributed by atoms with Crippen LogP contribution in [0, 0.1) is 5.41 Å². The van der Waals surface area contributed by atoms with Crippen molar-refractivity contribution in [2.75, 3.05) is 0 Å². The average Bonchev–Trinajstić information content (AvgIpc) is 2.59. The Labute approximate surface area is 136 Å². The molecular formula is C22H18O. The van der Waals surface area contributed by atoms with Gasteiger partial charge in [-0.25, -0.2) is 0 Å². The van der Waals surface area contributed by atoms with Crippen LogP contribution in [-0.4, -0.2) is 5.78 Å². The first kappa shape index (κ1) is 14.0. The largest absolute Gasteiger partial charge is 0.289 e. The van der Waals surface area contributed by atoms with E-state index in [0.717, 1.165) is 28.7 Å². The average molecular weight is 298 g/mol. The molecule has 0 radical (unpaired) electrons. The minimum Gasteiger partial charge on any atom is -0.289 e. The molecule has 2 aliphatic rings. The highest BCUT2D eigenvalue weighted by Crippen LogP contribution is 2.40. The summed E-state index contributed by atoms with van der Waals surface area (Å²) in [5, 5.41) is 0. The van der Waals surface area contributed by atoms with Crippen molar-refractivity contribution in [3.8, 4) is 0 Å². The van der Waals surface area contributed by atoms with Crippen LogP contribution in [0.4, 0.5) is 0 Å².